The largest absolute Gasteiger partial charge is 0.490 e. The number of hydrogen-bond donors (Lipinski definition) is 0. The molecule has 0 saturated heterocycles. The molecule has 0 spiro atoms. The van der Waals surface area contributed by atoms with Gasteiger partial charge in [-0.05, 0) is 123 Å². The molecule has 2 unspecified atom stereocenters. The molecular formula is C29H39NO. The Kier molecular flexibility index (Phi) is 4.78. The molecule has 0 aliphatic heterocycles. The normalized spacial score (nSPS) is 41.8. The lowest BCUT2D eigenvalue weighted by atomic mass is 9.44. The molecule has 4 aliphatic rings. The Morgan fingerprint density at radius 2 is 1.61 bits per heavy atom. The van der Waals surface area contributed by atoms with Crippen molar-refractivity contribution < 1.29 is 4.74 Å². The number of ether oxygens (including phenoxy) is 1. The number of aromatic nitrogens is 1. The summed E-state index contributed by atoms with van der Waals surface area (Å²) in [6, 6.07) is 12.9. The number of nitrogens with zero attached hydrogens (tertiary/aromatic N) is 1. The Hall–Kier alpha value is -1.70. The fourth-order valence-corrected chi connectivity index (χ4v) is 8.83. The van der Waals surface area contributed by atoms with Crippen molar-refractivity contribution in [2.45, 2.75) is 84.2 Å². The summed E-state index contributed by atoms with van der Waals surface area (Å²) in [5.41, 5.74) is 2.20. The van der Waals surface area contributed by atoms with Crippen LogP contribution in [0, 0.1) is 34.5 Å². The molecule has 2 nitrogen and oxygen atoms in total. The maximum Gasteiger partial charge on any atom is 0.119 e. The van der Waals surface area contributed by atoms with E-state index in [1.54, 1.807) is 0 Å². The molecule has 0 bridgehead atoms. The molecule has 1 aromatic heterocycles. The third-order valence-electron chi connectivity index (χ3n) is 10.5. The highest BCUT2D eigenvalue weighted by Crippen LogP contribution is 2.66. The van der Waals surface area contributed by atoms with Crippen LogP contribution in [0.2, 0.25) is 0 Å². The molecule has 166 valence electrons. The predicted octanol–water partition coefficient (Wildman–Crippen LogP) is 7.66. The summed E-state index contributed by atoms with van der Waals surface area (Å²) in [6.07, 6.45) is 18.8. The van der Waals surface area contributed by atoms with E-state index in [1.165, 1.54) is 69.9 Å². The van der Waals surface area contributed by atoms with Gasteiger partial charge in [0.2, 0.25) is 0 Å². The molecule has 4 saturated carbocycles. The van der Waals surface area contributed by atoms with Gasteiger partial charge < -0.3 is 9.30 Å². The summed E-state index contributed by atoms with van der Waals surface area (Å²) in [7, 11) is 0. The third kappa shape index (κ3) is 3.11. The first-order chi connectivity index (χ1) is 15.1. The monoisotopic (exact) mass is 417 g/mol. The van der Waals surface area contributed by atoms with Crippen LogP contribution in [0.15, 0.2) is 48.8 Å². The van der Waals surface area contributed by atoms with Gasteiger partial charge in [-0.2, -0.15) is 0 Å². The minimum Gasteiger partial charge on any atom is -0.490 e. The minimum absolute atomic E-state index is 0.351. The van der Waals surface area contributed by atoms with E-state index in [0.29, 0.717) is 16.9 Å². The second kappa shape index (κ2) is 7.42. The van der Waals surface area contributed by atoms with Crippen molar-refractivity contribution >= 4 is 0 Å². The highest BCUT2D eigenvalue weighted by molar-refractivity contribution is 5.38. The Balaban J connectivity index is 1.26. The van der Waals surface area contributed by atoms with Gasteiger partial charge in [-0.15, -0.1) is 0 Å². The second-order valence-electron chi connectivity index (χ2n) is 11.7. The van der Waals surface area contributed by atoms with Crippen LogP contribution in [0.25, 0.3) is 5.69 Å². The van der Waals surface area contributed by atoms with E-state index >= 15 is 0 Å². The number of hydrogen-bond acceptors (Lipinski definition) is 1. The van der Waals surface area contributed by atoms with Gasteiger partial charge in [0.25, 0.3) is 0 Å². The van der Waals surface area contributed by atoms with Crippen molar-refractivity contribution in [2.24, 2.45) is 34.5 Å². The zero-order chi connectivity index (χ0) is 21.1. The fraction of sp³-hybridized carbons (Fsp3) is 0.655. The smallest absolute Gasteiger partial charge is 0.119 e. The predicted molar refractivity (Wildman–Crippen MR) is 127 cm³/mol. The van der Waals surface area contributed by atoms with Crippen LogP contribution in [0.3, 0.4) is 0 Å². The van der Waals surface area contributed by atoms with Crippen molar-refractivity contribution in [3.8, 4) is 11.4 Å². The summed E-state index contributed by atoms with van der Waals surface area (Å²) in [5, 5.41) is 0. The number of rotatable bonds is 3. The first-order valence-electron chi connectivity index (χ1n) is 13.0. The first-order valence-corrected chi connectivity index (χ1v) is 13.0. The molecule has 0 amide bonds. The van der Waals surface area contributed by atoms with Crippen molar-refractivity contribution in [3.05, 3.63) is 48.8 Å². The van der Waals surface area contributed by atoms with E-state index in [9.17, 15) is 0 Å². The topological polar surface area (TPSA) is 14.2 Å². The van der Waals surface area contributed by atoms with Crippen LogP contribution in [0.4, 0.5) is 0 Å². The molecule has 7 atom stereocenters. The Morgan fingerprint density at radius 3 is 2.42 bits per heavy atom. The maximum absolute atomic E-state index is 6.88. The Bertz CT molecular complexity index is 901. The zero-order valence-corrected chi connectivity index (χ0v) is 19.4. The van der Waals surface area contributed by atoms with Gasteiger partial charge in [-0.25, -0.2) is 0 Å². The van der Waals surface area contributed by atoms with Gasteiger partial charge in [0.15, 0.2) is 0 Å². The van der Waals surface area contributed by atoms with Gasteiger partial charge in [-0.1, -0.05) is 20.3 Å². The van der Waals surface area contributed by atoms with E-state index in [-0.39, 0.29) is 0 Å². The molecule has 0 radical (unpaired) electrons. The molecule has 0 N–H and O–H groups in total. The van der Waals surface area contributed by atoms with Gasteiger partial charge >= 0.3 is 0 Å². The fourth-order valence-electron chi connectivity index (χ4n) is 8.83. The van der Waals surface area contributed by atoms with E-state index in [2.05, 4.69) is 67.2 Å². The highest BCUT2D eigenvalue weighted by atomic mass is 16.5. The third-order valence-corrected chi connectivity index (χ3v) is 10.5. The molecule has 1 heterocycles. The van der Waals surface area contributed by atoms with Crippen molar-refractivity contribution in [1.82, 2.24) is 4.57 Å². The lowest BCUT2D eigenvalue weighted by molar-refractivity contribution is -0.151. The van der Waals surface area contributed by atoms with Crippen LogP contribution < -0.4 is 4.74 Å². The summed E-state index contributed by atoms with van der Waals surface area (Å²) >= 11 is 0. The molecule has 6 rings (SSSR count). The lowest BCUT2D eigenvalue weighted by Gasteiger charge is -2.61. The van der Waals surface area contributed by atoms with Crippen LogP contribution in [0.1, 0.15) is 78.1 Å². The molecule has 2 aromatic rings. The molecule has 4 aliphatic carbocycles. The van der Waals surface area contributed by atoms with Crippen molar-refractivity contribution in [2.75, 3.05) is 0 Å². The van der Waals surface area contributed by atoms with E-state index < -0.39 is 0 Å². The molecular weight excluding hydrogens is 378 g/mol. The standard InChI is InChI=1S/C29H39NO/c1-28-17-6-8-25(28)24-15-10-21-7-5-9-27(29(21,2)26(24)16-18-28)31-23-13-11-22(12-14-23)30-19-3-4-20-30/h3-4,11-14,19-21,24-27H,5-10,15-18H2,1-2H3/t21?,24-,25-,26+,27?,28-,29-/m0/s1. The van der Waals surface area contributed by atoms with E-state index in [1.807, 2.05) is 0 Å². The average Bonchev–Trinajstić information content (AvgIpc) is 3.44. The van der Waals surface area contributed by atoms with Crippen LogP contribution in [-0.4, -0.2) is 10.7 Å². The first kappa shape index (κ1) is 19.9. The van der Waals surface area contributed by atoms with E-state index in [0.717, 1.165) is 29.4 Å². The van der Waals surface area contributed by atoms with Crippen molar-refractivity contribution in [1.29, 1.82) is 0 Å². The van der Waals surface area contributed by atoms with Crippen LogP contribution >= 0.6 is 0 Å². The summed E-state index contributed by atoms with van der Waals surface area (Å²) in [6.45, 7) is 5.26. The quantitative estimate of drug-likeness (QED) is 0.500. The molecule has 4 fully saturated rings. The van der Waals surface area contributed by atoms with Gasteiger partial charge in [0.1, 0.15) is 11.9 Å². The summed E-state index contributed by atoms with van der Waals surface area (Å²) < 4.78 is 9.04. The maximum atomic E-state index is 6.88. The average molecular weight is 418 g/mol. The van der Waals surface area contributed by atoms with Gasteiger partial charge in [0, 0.05) is 23.5 Å². The van der Waals surface area contributed by atoms with Crippen LogP contribution in [0.5, 0.6) is 5.75 Å². The van der Waals surface area contributed by atoms with Crippen LogP contribution in [-0.2, 0) is 0 Å². The SMILES string of the molecule is C[C@@]12CCC[C@H]1[C@@H]1CCC3CCCC(Oc4ccc(-n5cccc5)cc4)[C@]3(C)[C@@H]1CC2. The lowest BCUT2D eigenvalue weighted by Crippen LogP contribution is -2.58. The molecule has 1 aromatic carbocycles. The Labute approximate surface area is 188 Å². The second-order valence-corrected chi connectivity index (χ2v) is 11.7. The summed E-state index contributed by atoms with van der Waals surface area (Å²) in [4.78, 5) is 0. The zero-order valence-electron chi connectivity index (χ0n) is 19.4. The van der Waals surface area contributed by atoms with Gasteiger partial charge in [-0.3, -0.25) is 0 Å². The number of benzene rings is 1. The molecule has 31 heavy (non-hydrogen) atoms. The van der Waals surface area contributed by atoms with E-state index in [4.69, 9.17) is 4.74 Å². The number of fused-ring (bicyclic) bond motifs is 5. The van der Waals surface area contributed by atoms with Crippen molar-refractivity contribution in [3.63, 3.8) is 0 Å². The highest BCUT2D eigenvalue weighted by Gasteiger charge is 2.60. The molecule has 2 heteroatoms. The minimum atomic E-state index is 0.351. The summed E-state index contributed by atoms with van der Waals surface area (Å²) in [5.74, 6) is 4.71. The Morgan fingerprint density at radius 1 is 0.806 bits per heavy atom. The van der Waals surface area contributed by atoms with Gasteiger partial charge in [0.05, 0.1) is 0 Å².